The molecule has 0 saturated carbocycles. The summed E-state index contributed by atoms with van der Waals surface area (Å²) >= 11 is 0. The Labute approximate surface area is 177 Å². The minimum Gasteiger partial charge on any atom is -0.493 e. The maximum atomic E-state index is 5.58. The summed E-state index contributed by atoms with van der Waals surface area (Å²) in [5.74, 6) is 2.55. The predicted octanol–water partition coefficient (Wildman–Crippen LogP) is 4.22. The van der Waals surface area contributed by atoms with Gasteiger partial charge >= 0.3 is 0 Å². The number of benzene rings is 1. The molecule has 0 bridgehead atoms. The van der Waals surface area contributed by atoms with Crippen LogP contribution in [0.25, 0.3) is 10.9 Å². The zero-order valence-electron chi connectivity index (χ0n) is 17.6. The highest BCUT2D eigenvalue weighted by atomic mass is 16.5. The van der Waals surface area contributed by atoms with Crippen LogP contribution in [0.4, 0.5) is 11.5 Å². The Morgan fingerprint density at radius 3 is 2.57 bits per heavy atom. The van der Waals surface area contributed by atoms with Gasteiger partial charge in [-0.05, 0) is 55.9 Å². The smallest absolute Gasteiger partial charge is 0.162 e. The lowest BCUT2D eigenvalue weighted by Gasteiger charge is -2.34. The number of pyridine rings is 2. The molecule has 0 radical (unpaired) electrons. The molecule has 0 unspecified atom stereocenters. The van der Waals surface area contributed by atoms with E-state index in [2.05, 4.69) is 33.4 Å². The van der Waals surface area contributed by atoms with E-state index in [1.165, 1.54) is 23.4 Å². The van der Waals surface area contributed by atoms with Crippen LogP contribution >= 0.6 is 0 Å². The summed E-state index contributed by atoms with van der Waals surface area (Å²) in [5.41, 5.74) is 4.82. The summed E-state index contributed by atoms with van der Waals surface area (Å²) in [6.07, 6.45) is 7.34. The molecule has 0 amide bonds. The lowest BCUT2D eigenvalue weighted by molar-refractivity contribution is 0.356. The first kappa shape index (κ1) is 19.0. The molecule has 3 heterocycles. The Bertz CT molecular complexity index is 1050. The fourth-order valence-electron chi connectivity index (χ4n) is 4.75. The summed E-state index contributed by atoms with van der Waals surface area (Å²) in [5, 5.41) is 5.03. The van der Waals surface area contributed by atoms with Gasteiger partial charge in [0.25, 0.3) is 0 Å². The monoisotopic (exact) mass is 404 g/mol. The molecule has 0 spiro atoms. The van der Waals surface area contributed by atoms with Gasteiger partial charge in [0.15, 0.2) is 11.5 Å². The molecule has 1 aliphatic heterocycles. The van der Waals surface area contributed by atoms with E-state index in [1.807, 2.05) is 18.3 Å². The molecule has 156 valence electrons. The summed E-state index contributed by atoms with van der Waals surface area (Å²) in [6, 6.07) is 10.6. The number of fused-ring (bicyclic) bond motifs is 2. The third kappa shape index (κ3) is 3.40. The van der Waals surface area contributed by atoms with Crippen LogP contribution in [0.2, 0.25) is 0 Å². The zero-order chi connectivity index (χ0) is 20.5. The van der Waals surface area contributed by atoms with Crippen LogP contribution in [-0.4, -0.2) is 43.3 Å². The minimum absolute atomic E-state index is 0.438. The second-order valence-electron chi connectivity index (χ2n) is 8.08. The first-order valence-corrected chi connectivity index (χ1v) is 10.8. The van der Waals surface area contributed by atoms with Crippen molar-refractivity contribution < 1.29 is 9.47 Å². The largest absolute Gasteiger partial charge is 0.493 e. The number of hydrogen-bond donors (Lipinski definition) is 1. The number of piperidine rings is 1. The van der Waals surface area contributed by atoms with E-state index in [-0.39, 0.29) is 0 Å². The predicted molar refractivity (Wildman–Crippen MR) is 120 cm³/mol. The number of aryl methyl sites for hydroxylation is 1. The van der Waals surface area contributed by atoms with Gasteiger partial charge < -0.3 is 19.7 Å². The maximum Gasteiger partial charge on any atom is 0.162 e. The number of rotatable bonds is 5. The summed E-state index contributed by atoms with van der Waals surface area (Å²) in [4.78, 5) is 11.8. The van der Waals surface area contributed by atoms with Crippen molar-refractivity contribution in [3.8, 4) is 11.5 Å². The van der Waals surface area contributed by atoms with E-state index in [4.69, 9.17) is 14.5 Å². The normalized spacial score (nSPS) is 16.5. The molecule has 1 N–H and O–H groups in total. The quantitative estimate of drug-likeness (QED) is 0.687. The number of ether oxygens (including phenoxy) is 2. The molecular formula is C24H28N4O2. The van der Waals surface area contributed by atoms with E-state index < -0.39 is 0 Å². The zero-order valence-corrected chi connectivity index (χ0v) is 17.6. The summed E-state index contributed by atoms with van der Waals surface area (Å²) in [6.45, 7) is 2.02. The van der Waals surface area contributed by atoms with Crippen molar-refractivity contribution in [3.05, 3.63) is 47.8 Å². The first-order chi connectivity index (χ1) is 14.8. The van der Waals surface area contributed by atoms with Crippen LogP contribution in [0.3, 0.4) is 0 Å². The highest BCUT2D eigenvalue weighted by Gasteiger charge is 2.25. The van der Waals surface area contributed by atoms with Crippen LogP contribution in [-0.2, 0) is 12.8 Å². The number of anilines is 2. The van der Waals surface area contributed by atoms with Crippen LogP contribution in [0.1, 0.15) is 30.5 Å². The number of nitrogens with zero attached hydrogens (tertiary/aromatic N) is 3. The summed E-state index contributed by atoms with van der Waals surface area (Å²) in [7, 11) is 3.36. The highest BCUT2D eigenvalue weighted by molar-refractivity contribution is 5.96. The molecule has 3 aromatic rings. The average molecular weight is 405 g/mol. The van der Waals surface area contributed by atoms with Gasteiger partial charge in [-0.15, -0.1) is 0 Å². The Balaban J connectivity index is 1.44. The number of methoxy groups -OCH3 is 2. The maximum absolute atomic E-state index is 5.58. The van der Waals surface area contributed by atoms with Gasteiger partial charge in [-0.1, -0.05) is 6.07 Å². The second kappa shape index (κ2) is 8.01. The van der Waals surface area contributed by atoms with E-state index in [1.54, 1.807) is 14.2 Å². The molecule has 1 fully saturated rings. The van der Waals surface area contributed by atoms with E-state index in [9.17, 15) is 0 Å². The van der Waals surface area contributed by atoms with Gasteiger partial charge in [0, 0.05) is 48.2 Å². The Morgan fingerprint density at radius 2 is 1.83 bits per heavy atom. The second-order valence-corrected chi connectivity index (χ2v) is 8.08. The van der Waals surface area contributed by atoms with Gasteiger partial charge in [0.05, 0.1) is 19.7 Å². The molecule has 1 saturated heterocycles. The highest BCUT2D eigenvalue weighted by Crippen LogP contribution is 2.40. The van der Waals surface area contributed by atoms with Crippen molar-refractivity contribution in [1.82, 2.24) is 9.97 Å². The van der Waals surface area contributed by atoms with Crippen molar-refractivity contribution in [2.75, 3.05) is 37.5 Å². The Hall–Kier alpha value is -3.02. The molecule has 6 nitrogen and oxygen atoms in total. The van der Waals surface area contributed by atoms with Gasteiger partial charge in [0.2, 0.25) is 0 Å². The van der Waals surface area contributed by atoms with Gasteiger partial charge in [-0.3, -0.25) is 4.98 Å². The third-order valence-electron chi connectivity index (χ3n) is 6.33. The lowest BCUT2D eigenvalue weighted by atomic mass is 10.0. The van der Waals surface area contributed by atoms with Crippen molar-refractivity contribution in [2.45, 2.75) is 38.1 Å². The van der Waals surface area contributed by atoms with E-state index in [0.29, 0.717) is 6.04 Å². The average Bonchev–Trinajstić information content (AvgIpc) is 3.27. The molecule has 1 aliphatic carbocycles. The van der Waals surface area contributed by atoms with E-state index in [0.717, 1.165) is 67.0 Å². The molecule has 1 aromatic carbocycles. The topological polar surface area (TPSA) is 59.5 Å². The molecule has 5 rings (SSSR count). The molecule has 30 heavy (non-hydrogen) atoms. The molecular weight excluding hydrogens is 376 g/mol. The lowest BCUT2D eigenvalue weighted by Crippen LogP contribution is -2.39. The number of nitrogens with one attached hydrogen (secondary N) is 1. The molecule has 2 aliphatic rings. The molecule has 0 atom stereocenters. The minimum atomic E-state index is 0.438. The van der Waals surface area contributed by atoms with Gasteiger partial charge in [-0.2, -0.15) is 0 Å². The third-order valence-corrected chi connectivity index (χ3v) is 6.33. The fourth-order valence-corrected chi connectivity index (χ4v) is 4.75. The Morgan fingerprint density at radius 1 is 1.03 bits per heavy atom. The van der Waals surface area contributed by atoms with Crippen molar-refractivity contribution in [3.63, 3.8) is 0 Å². The molecule has 2 aromatic heterocycles. The summed E-state index contributed by atoms with van der Waals surface area (Å²) < 4.78 is 11.1. The number of hydrogen-bond acceptors (Lipinski definition) is 6. The SMILES string of the molecule is COc1cc2nc3c(c(NC4CCN(c5ccccn5)CC4)c2cc1OC)CCC3. The van der Waals surface area contributed by atoms with Crippen molar-refractivity contribution in [1.29, 1.82) is 0 Å². The van der Waals surface area contributed by atoms with Gasteiger partial charge in [0.1, 0.15) is 5.82 Å². The van der Waals surface area contributed by atoms with Crippen LogP contribution in [0.5, 0.6) is 11.5 Å². The standard InChI is InChI=1S/C24H28N4O2/c1-29-21-14-18-20(15-22(21)30-2)27-19-7-5-6-17(19)24(18)26-16-9-12-28(13-10-16)23-8-3-4-11-25-23/h3-4,8,11,14-16H,5-7,9-10,12-13H2,1-2H3,(H,26,27). The van der Waals surface area contributed by atoms with Crippen molar-refractivity contribution >= 4 is 22.4 Å². The molecule has 6 heteroatoms. The van der Waals surface area contributed by atoms with Crippen LogP contribution in [0, 0.1) is 0 Å². The fraction of sp³-hybridized carbons (Fsp3) is 0.417. The number of aromatic nitrogens is 2. The Kier molecular flexibility index (Phi) is 5.07. The van der Waals surface area contributed by atoms with Crippen molar-refractivity contribution in [2.24, 2.45) is 0 Å². The van der Waals surface area contributed by atoms with E-state index >= 15 is 0 Å². The first-order valence-electron chi connectivity index (χ1n) is 10.8. The van der Waals surface area contributed by atoms with Crippen LogP contribution < -0.4 is 19.7 Å². The van der Waals surface area contributed by atoms with Gasteiger partial charge in [-0.25, -0.2) is 4.98 Å². The van der Waals surface area contributed by atoms with Crippen LogP contribution in [0.15, 0.2) is 36.5 Å².